The highest BCUT2D eigenvalue weighted by Crippen LogP contribution is 2.37. The third kappa shape index (κ3) is 2.50. The van der Waals surface area contributed by atoms with E-state index < -0.39 is 0 Å². The molecule has 1 aliphatic heterocycles. The van der Waals surface area contributed by atoms with Gasteiger partial charge >= 0.3 is 0 Å². The number of carbonyl (C=O) groups is 1. The van der Waals surface area contributed by atoms with Crippen LogP contribution in [0.5, 0.6) is 0 Å². The number of nitrogens with one attached hydrogen (secondary N) is 1. The van der Waals surface area contributed by atoms with E-state index in [2.05, 4.69) is 34.3 Å². The van der Waals surface area contributed by atoms with Crippen LogP contribution in [0.1, 0.15) is 46.7 Å². The molecule has 4 heteroatoms. The molecule has 2 atom stereocenters. The van der Waals surface area contributed by atoms with Gasteiger partial charge in [-0.15, -0.1) is 11.3 Å². The minimum atomic E-state index is -0.0995. The van der Waals surface area contributed by atoms with Crippen molar-refractivity contribution in [3.8, 4) is 0 Å². The van der Waals surface area contributed by atoms with Gasteiger partial charge in [-0.05, 0) is 50.7 Å². The number of rotatable bonds is 4. The minimum absolute atomic E-state index is 0.0995. The summed E-state index contributed by atoms with van der Waals surface area (Å²) >= 11 is 1.80. The van der Waals surface area contributed by atoms with Crippen LogP contribution in [0.4, 0.5) is 0 Å². The molecule has 0 amide bonds. The summed E-state index contributed by atoms with van der Waals surface area (Å²) < 4.78 is 0. The van der Waals surface area contributed by atoms with E-state index in [1.807, 2.05) is 31.2 Å². The van der Waals surface area contributed by atoms with E-state index in [1.54, 1.807) is 11.3 Å². The maximum atomic E-state index is 13.3. The van der Waals surface area contributed by atoms with Gasteiger partial charge in [0.05, 0.1) is 6.04 Å². The zero-order chi connectivity index (χ0) is 16.7. The fourth-order valence-electron chi connectivity index (χ4n) is 3.99. The highest BCUT2D eigenvalue weighted by Gasteiger charge is 2.34. The summed E-state index contributed by atoms with van der Waals surface area (Å²) in [7, 11) is 0. The lowest BCUT2D eigenvalue weighted by molar-refractivity contribution is 0.0823. The molecular formula is C20H22N2OS. The van der Waals surface area contributed by atoms with Gasteiger partial charge in [-0.25, -0.2) is 0 Å². The van der Waals surface area contributed by atoms with E-state index in [0.717, 1.165) is 41.5 Å². The molecular weight excluding hydrogens is 316 g/mol. The molecule has 3 nitrogen and oxygen atoms in total. The lowest BCUT2D eigenvalue weighted by Gasteiger charge is -2.29. The number of aromatic nitrogens is 1. The minimum Gasteiger partial charge on any atom is -0.358 e. The summed E-state index contributed by atoms with van der Waals surface area (Å²) in [6.07, 6.45) is 2.30. The summed E-state index contributed by atoms with van der Waals surface area (Å²) in [5.74, 6) is 0.230. The first-order chi connectivity index (χ1) is 11.7. The van der Waals surface area contributed by atoms with E-state index in [9.17, 15) is 4.79 Å². The van der Waals surface area contributed by atoms with Crippen molar-refractivity contribution in [3.05, 3.63) is 57.9 Å². The summed E-state index contributed by atoms with van der Waals surface area (Å²) in [6, 6.07) is 12.7. The number of fused-ring (bicyclic) bond motifs is 1. The van der Waals surface area contributed by atoms with Crippen LogP contribution in [0.25, 0.3) is 10.9 Å². The van der Waals surface area contributed by atoms with Crippen molar-refractivity contribution in [3.63, 3.8) is 0 Å². The molecule has 0 aliphatic carbocycles. The number of thiophene rings is 1. The number of hydrogen-bond donors (Lipinski definition) is 1. The molecule has 3 heterocycles. The molecule has 24 heavy (non-hydrogen) atoms. The Morgan fingerprint density at radius 1 is 1.29 bits per heavy atom. The lowest BCUT2D eigenvalue weighted by atomic mass is 10.00. The molecule has 4 rings (SSSR count). The van der Waals surface area contributed by atoms with Crippen LogP contribution in [0.2, 0.25) is 0 Å². The van der Waals surface area contributed by atoms with E-state index >= 15 is 0 Å². The van der Waals surface area contributed by atoms with Crippen molar-refractivity contribution in [2.45, 2.75) is 38.8 Å². The number of likely N-dealkylation sites (tertiary alicyclic amines) is 1. The predicted molar refractivity (Wildman–Crippen MR) is 99.8 cm³/mol. The summed E-state index contributed by atoms with van der Waals surface area (Å²) in [5, 5.41) is 3.17. The maximum absolute atomic E-state index is 13.3. The largest absolute Gasteiger partial charge is 0.358 e. The van der Waals surface area contributed by atoms with Crippen molar-refractivity contribution in [1.29, 1.82) is 0 Å². The second kappa shape index (κ2) is 6.19. The van der Waals surface area contributed by atoms with Gasteiger partial charge in [0.2, 0.25) is 0 Å². The molecule has 1 fully saturated rings. The Kier molecular flexibility index (Phi) is 4.02. The van der Waals surface area contributed by atoms with Crippen LogP contribution in [-0.2, 0) is 0 Å². The van der Waals surface area contributed by atoms with Crippen molar-refractivity contribution >= 4 is 28.0 Å². The summed E-state index contributed by atoms with van der Waals surface area (Å²) in [4.78, 5) is 20.4. The van der Waals surface area contributed by atoms with Crippen LogP contribution in [0.3, 0.4) is 0 Å². The third-order valence-electron chi connectivity index (χ3n) is 5.18. The van der Waals surface area contributed by atoms with Gasteiger partial charge in [-0.3, -0.25) is 9.69 Å². The maximum Gasteiger partial charge on any atom is 0.182 e. The highest BCUT2D eigenvalue weighted by atomic mass is 32.1. The normalized spacial score (nSPS) is 19.8. The number of aromatic amines is 1. The van der Waals surface area contributed by atoms with Gasteiger partial charge in [-0.2, -0.15) is 0 Å². The monoisotopic (exact) mass is 338 g/mol. The average Bonchev–Trinajstić information content (AvgIpc) is 3.31. The topological polar surface area (TPSA) is 36.1 Å². The van der Waals surface area contributed by atoms with Gasteiger partial charge in [-0.1, -0.05) is 24.3 Å². The number of hydrogen-bond acceptors (Lipinski definition) is 3. The number of H-pyrrole nitrogens is 1. The molecule has 1 aliphatic rings. The number of nitrogens with zero attached hydrogens (tertiary/aromatic N) is 1. The van der Waals surface area contributed by atoms with Crippen LogP contribution in [0.15, 0.2) is 41.8 Å². The Morgan fingerprint density at radius 3 is 2.92 bits per heavy atom. The zero-order valence-corrected chi connectivity index (χ0v) is 14.9. The SMILES string of the molecule is Cc1[nH]c2ccccc2c1C(=O)[C@H](C)N1CCC[C@H]1c1cccs1. The number of benzene rings is 1. The Labute approximate surface area is 146 Å². The van der Waals surface area contributed by atoms with Crippen molar-refractivity contribution in [2.24, 2.45) is 0 Å². The fraction of sp³-hybridized carbons (Fsp3) is 0.350. The molecule has 0 saturated carbocycles. The van der Waals surface area contributed by atoms with Gasteiger partial charge in [0.15, 0.2) is 5.78 Å². The smallest absolute Gasteiger partial charge is 0.182 e. The van der Waals surface area contributed by atoms with E-state index in [4.69, 9.17) is 0 Å². The predicted octanol–water partition coefficient (Wildman–Crippen LogP) is 4.95. The van der Waals surface area contributed by atoms with E-state index in [1.165, 1.54) is 4.88 Å². The second-order valence-electron chi connectivity index (χ2n) is 6.62. The zero-order valence-electron chi connectivity index (χ0n) is 14.1. The van der Waals surface area contributed by atoms with Gasteiger partial charge in [0.25, 0.3) is 0 Å². The van der Waals surface area contributed by atoms with Crippen molar-refractivity contribution < 1.29 is 4.79 Å². The molecule has 1 N–H and O–H groups in total. The summed E-state index contributed by atoms with van der Waals surface area (Å²) in [6.45, 7) is 5.06. The quantitative estimate of drug-likeness (QED) is 0.684. The first kappa shape index (κ1) is 15.6. The molecule has 0 unspecified atom stereocenters. The van der Waals surface area contributed by atoms with Crippen LogP contribution in [-0.4, -0.2) is 28.3 Å². The van der Waals surface area contributed by atoms with Crippen LogP contribution in [0, 0.1) is 6.92 Å². The molecule has 0 radical (unpaired) electrons. The van der Waals surface area contributed by atoms with Gasteiger partial charge in [0, 0.05) is 33.1 Å². The highest BCUT2D eigenvalue weighted by molar-refractivity contribution is 7.10. The molecule has 1 saturated heterocycles. The molecule has 0 bridgehead atoms. The number of aryl methyl sites for hydroxylation is 1. The third-order valence-corrected chi connectivity index (χ3v) is 6.16. The van der Waals surface area contributed by atoms with Crippen LogP contribution >= 0.6 is 11.3 Å². The molecule has 2 aromatic heterocycles. The standard InChI is InChI=1S/C20H22N2OS/c1-13-19(15-7-3-4-8-16(15)21-13)20(23)14(2)22-11-5-9-17(22)18-10-6-12-24-18/h3-4,6-8,10,12,14,17,21H,5,9,11H2,1-2H3/t14-,17-/m0/s1. The van der Waals surface area contributed by atoms with Gasteiger partial charge < -0.3 is 4.98 Å². The Morgan fingerprint density at radius 2 is 2.12 bits per heavy atom. The second-order valence-corrected chi connectivity index (χ2v) is 7.60. The molecule has 0 spiro atoms. The fourth-order valence-corrected chi connectivity index (χ4v) is 4.87. The van der Waals surface area contributed by atoms with E-state index in [0.29, 0.717) is 6.04 Å². The van der Waals surface area contributed by atoms with Crippen LogP contribution < -0.4 is 0 Å². The Bertz CT molecular complexity index is 865. The average molecular weight is 338 g/mol. The number of carbonyl (C=O) groups excluding carboxylic acids is 1. The molecule has 1 aromatic carbocycles. The Hall–Kier alpha value is -1.91. The van der Waals surface area contributed by atoms with Crippen molar-refractivity contribution in [1.82, 2.24) is 9.88 Å². The van der Waals surface area contributed by atoms with Crippen molar-refractivity contribution in [2.75, 3.05) is 6.54 Å². The lowest BCUT2D eigenvalue weighted by Crippen LogP contribution is -2.38. The first-order valence-electron chi connectivity index (χ1n) is 8.57. The summed E-state index contributed by atoms with van der Waals surface area (Å²) in [5.41, 5.74) is 2.87. The first-order valence-corrected chi connectivity index (χ1v) is 9.45. The molecule has 124 valence electrons. The molecule has 3 aromatic rings. The van der Waals surface area contributed by atoms with E-state index in [-0.39, 0.29) is 11.8 Å². The van der Waals surface area contributed by atoms with Gasteiger partial charge in [0.1, 0.15) is 0 Å². The number of ketones is 1. The number of Topliss-reactive ketones (excluding diaryl/α,β-unsaturated/α-hetero) is 1. The number of para-hydroxylation sites is 1. The Balaban J connectivity index is 1.67.